The number of fused-ring (bicyclic) bond motifs is 1. The average molecular weight is 171 g/mol. The largest absolute Gasteiger partial charge is 0.243 e. The third-order valence-electron chi connectivity index (χ3n) is 1.18. The van der Waals surface area contributed by atoms with Gasteiger partial charge in [-0.3, -0.25) is 0 Å². The molecule has 2 aromatic heterocycles. The van der Waals surface area contributed by atoms with E-state index in [2.05, 4.69) is 9.97 Å². The van der Waals surface area contributed by atoms with Crippen LogP contribution in [0.1, 0.15) is 0 Å². The third-order valence-corrected chi connectivity index (χ3v) is 2.18. The standard InChI is InChI=1S/C6H3ClN2S/c7-6-1-5-4(2-8-6)9-3-10-5/h1-3H. The molecule has 0 bridgehead atoms. The van der Waals surface area contributed by atoms with E-state index in [-0.39, 0.29) is 0 Å². The summed E-state index contributed by atoms with van der Waals surface area (Å²) in [6.45, 7) is 0. The van der Waals surface area contributed by atoms with E-state index < -0.39 is 0 Å². The second-order valence-corrected chi connectivity index (χ2v) is 3.10. The Bertz CT molecular complexity index is 357. The highest BCUT2D eigenvalue weighted by molar-refractivity contribution is 7.16. The minimum Gasteiger partial charge on any atom is -0.243 e. The summed E-state index contributed by atoms with van der Waals surface area (Å²) in [6, 6.07) is 1.81. The second kappa shape index (κ2) is 2.18. The Kier molecular flexibility index (Phi) is 1.32. The quantitative estimate of drug-likeness (QED) is 0.568. The highest BCUT2D eigenvalue weighted by atomic mass is 35.5. The van der Waals surface area contributed by atoms with Crippen LogP contribution in [0, 0.1) is 0 Å². The number of pyridine rings is 1. The molecule has 2 aromatic rings. The van der Waals surface area contributed by atoms with Crippen LogP contribution < -0.4 is 0 Å². The molecule has 0 radical (unpaired) electrons. The highest BCUT2D eigenvalue weighted by Gasteiger charge is 1.95. The van der Waals surface area contributed by atoms with Crippen molar-refractivity contribution in [2.24, 2.45) is 0 Å². The monoisotopic (exact) mass is 170 g/mol. The van der Waals surface area contributed by atoms with E-state index in [1.165, 1.54) is 0 Å². The van der Waals surface area contributed by atoms with Gasteiger partial charge in [0, 0.05) is 0 Å². The van der Waals surface area contributed by atoms with Gasteiger partial charge >= 0.3 is 0 Å². The predicted octanol–water partition coefficient (Wildman–Crippen LogP) is 2.34. The molecule has 0 aromatic carbocycles. The summed E-state index contributed by atoms with van der Waals surface area (Å²) in [6.07, 6.45) is 1.67. The van der Waals surface area contributed by atoms with Crippen LogP contribution in [0.25, 0.3) is 10.2 Å². The van der Waals surface area contributed by atoms with Gasteiger partial charge in [-0.2, -0.15) is 0 Å². The van der Waals surface area contributed by atoms with Crippen LogP contribution in [0.4, 0.5) is 0 Å². The van der Waals surface area contributed by atoms with E-state index in [1.807, 2.05) is 6.07 Å². The Labute approximate surface area is 66.5 Å². The number of hydrogen-bond donors (Lipinski definition) is 0. The lowest BCUT2D eigenvalue weighted by atomic mass is 10.5. The first-order valence-corrected chi connectivity index (χ1v) is 3.97. The molecule has 0 fully saturated rings. The maximum atomic E-state index is 5.64. The van der Waals surface area contributed by atoms with Crippen molar-refractivity contribution in [3.8, 4) is 0 Å². The minimum atomic E-state index is 0.525. The zero-order valence-electron chi connectivity index (χ0n) is 4.91. The normalized spacial score (nSPS) is 10.5. The van der Waals surface area contributed by atoms with Crippen molar-refractivity contribution in [2.45, 2.75) is 0 Å². The Morgan fingerprint density at radius 2 is 2.30 bits per heavy atom. The molecule has 2 rings (SSSR count). The minimum absolute atomic E-state index is 0.525. The van der Waals surface area contributed by atoms with Crippen LogP contribution in [0.2, 0.25) is 5.15 Å². The Morgan fingerprint density at radius 3 is 3.20 bits per heavy atom. The number of nitrogens with zero attached hydrogens (tertiary/aromatic N) is 2. The molecule has 0 spiro atoms. The SMILES string of the molecule is Clc1cc2scnc2cn1. The smallest absolute Gasteiger partial charge is 0.130 e. The molecule has 0 aliphatic heterocycles. The maximum absolute atomic E-state index is 5.64. The summed E-state index contributed by atoms with van der Waals surface area (Å²) in [4.78, 5) is 7.95. The third kappa shape index (κ3) is 0.874. The first-order chi connectivity index (χ1) is 4.86. The molecule has 0 aliphatic rings. The maximum Gasteiger partial charge on any atom is 0.130 e. The fraction of sp³-hybridized carbons (Fsp3) is 0. The van der Waals surface area contributed by atoms with Gasteiger partial charge in [-0.25, -0.2) is 9.97 Å². The number of halogens is 1. The van der Waals surface area contributed by atoms with Crippen LogP contribution in [0.15, 0.2) is 17.8 Å². The molecule has 4 heteroatoms. The first-order valence-electron chi connectivity index (χ1n) is 2.71. The lowest BCUT2D eigenvalue weighted by Crippen LogP contribution is -1.72. The Hall–Kier alpha value is -0.670. The molecule has 0 saturated carbocycles. The summed E-state index contributed by atoms with van der Waals surface area (Å²) in [7, 11) is 0. The van der Waals surface area contributed by atoms with Crippen LogP contribution in [-0.4, -0.2) is 9.97 Å². The van der Waals surface area contributed by atoms with E-state index in [9.17, 15) is 0 Å². The molecule has 0 N–H and O–H groups in total. The van der Waals surface area contributed by atoms with E-state index in [4.69, 9.17) is 11.6 Å². The molecule has 2 nitrogen and oxygen atoms in total. The number of hydrogen-bond acceptors (Lipinski definition) is 3. The summed E-state index contributed by atoms with van der Waals surface area (Å²) in [5.74, 6) is 0. The van der Waals surface area contributed by atoms with Gasteiger partial charge in [0.25, 0.3) is 0 Å². The second-order valence-electron chi connectivity index (χ2n) is 1.83. The summed E-state index contributed by atoms with van der Waals surface area (Å²) in [5, 5.41) is 0.525. The molecule has 0 saturated heterocycles. The van der Waals surface area contributed by atoms with Gasteiger partial charge in [0.15, 0.2) is 0 Å². The molecule has 0 atom stereocenters. The van der Waals surface area contributed by atoms with Crippen molar-refractivity contribution in [1.29, 1.82) is 0 Å². The molecule has 10 heavy (non-hydrogen) atoms. The molecule has 0 aliphatic carbocycles. The van der Waals surface area contributed by atoms with Crippen LogP contribution >= 0.6 is 22.9 Å². The topological polar surface area (TPSA) is 25.8 Å². The molecule has 50 valence electrons. The van der Waals surface area contributed by atoms with Crippen LogP contribution in [0.3, 0.4) is 0 Å². The van der Waals surface area contributed by atoms with Crippen LogP contribution in [0.5, 0.6) is 0 Å². The van der Waals surface area contributed by atoms with Gasteiger partial charge in [-0.1, -0.05) is 11.6 Å². The number of aromatic nitrogens is 2. The molecular formula is C6H3ClN2S. The van der Waals surface area contributed by atoms with Gasteiger partial charge in [0.05, 0.1) is 21.9 Å². The number of thiazole rings is 1. The van der Waals surface area contributed by atoms with E-state index >= 15 is 0 Å². The zero-order chi connectivity index (χ0) is 6.97. The van der Waals surface area contributed by atoms with E-state index in [0.717, 1.165) is 10.2 Å². The van der Waals surface area contributed by atoms with Crippen molar-refractivity contribution >= 4 is 33.2 Å². The van der Waals surface area contributed by atoms with Gasteiger partial charge in [0.2, 0.25) is 0 Å². The van der Waals surface area contributed by atoms with Crippen molar-refractivity contribution in [3.05, 3.63) is 22.9 Å². The van der Waals surface area contributed by atoms with Crippen molar-refractivity contribution < 1.29 is 0 Å². The van der Waals surface area contributed by atoms with Crippen molar-refractivity contribution in [3.63, 3.8) is 0 Å². The highest BCUT2D eigenvalue weighted by Crippen LogP contribution is 2.18. The molecule has 0 amide bonds. The van der Waals surface area contributed by atoms with E-state index in [0.29, 0.717) is 5.15 Å². The van der Waals surface area contributed by atoms with Crippen LogP contribution in [-0.2, 0) is 0 Å². The zero-order valence-corrected chi connectivity index (χ0v) is 6.49. The fourth-order valence-electron chi connectivity index (χ4n) is 0.737. The summed E-state index contributed by atoms with van der Waals surface area (Å²) < 4.78 is 1.08. The Balaban J connectivity index is 2.86. The van der Waals surface area contributed by atoms with Crippen molar-refractivity contribution in [2.75, 3.05) is 0 Å². The number of rotatable bonds is 0. The van der Waals surface area contributed by atoms with Crippen molar-refractivity contribution in [1.82, 2.24) is 9.97 Å². The lowest BCUT2D eigenvalue weighted by molar-refractivity contribution is 1.34. The van der Waals surface area contributed by atoms with Gasteiger partial charge in [-0.15, -0.1) is 11.3 Å². The summed E-state index contributed by atoms with van der Waals surface area (Å²) >= 11 is 7.21. The van der Waals surface area contributed by atoms with Gasteiger partial charge < -0.3 is 0 Å². The fourth-order valence-corrected chi connectivity index (χ4v) is 1.65. The Morgan fingerprint density at radius 1 is 1.40 bits per heavy atom. The first kappa shape index (κ1) is 6.07. The lowest BCUT2D eigenvalue weighted by Gasteiger charge is -1.85. The molecular weight excluding hydrogens is 168 g/mol. The predicted molar refractivity (Wildman–Crippen MR) is 42.4 cm³/mol. The van der Waals surface area contributed by atoms with E-state index in [1.54, 1.807) is 23.0 Å². The van der Waals surface area contributed by atoms with Gasteiger partial charge in [0.1, 0.15) is 5.15 Å². The molecule has 2 heterocycles. The summed E-state index contributed by atoms with van der Waals surface area (Å²) in [5.41, 5.74) is 2.69. The average Bonchev–Trinajstić information content (AvgIpc) is 2.33. The molecule has 0 unspecified atom stereocenters. The van der Waals surface area contributed by atoms with Gasteiger partial charge in [-0.05, 0) is 6.07 Å².